The van der Waals surface area contributed by atoms with Gasteiger partial charge in [0.2, 0.25) is 10.9 Å². The molecule has 2 aromatic heterocycles. The highest BCUT2D eigenvalue weighted by atomic mass is 35.5. The first-order chi connectivity index (χ1) is 14.9. The molecule has 9 heteroatoms. The van der Waals surface area contributed by atoms with E-state index in [1.165, 1.54) is 16.2 Å². The molecule has 2 aromatic carbocycles. The Morgan fingerprint density at radius 3 is 2.55 bits per heavy atom. The molecule has 0 radical (unpaired) electrons. The van der Waals surface area contributed by atoms with E-state index in [4.69, 9.17) is 27.6 Å². The van der Waals surface area contributed by atoms with Crippen LogP contribution in [0.5, 0.6) is 0 Å². The van der Waals surface area contributed by atoms with Crippen LogP contribution in [-0.2, 0) is 0 Å². The molecule has 0 N–H and O–H groups in total. The van der Waals surface area contributed by atoms with Crippen molar-refractivity contribution in [2.45, 2.75) is 25.8 Å². The molecule has 0 aliphatic carbocycles. The number of hydrogen-bond acceptors (Lipinski definition) is 6. The van der Waals surface area contributed by atoms with E-state index in [1.54, 1.807) is 42.5 Å². The first-order valence-corrected chi connectivity index (χ1v) is 11.1. The van der Waals surface area contributed by atoms with Crippen LogP contribution in [0.25, 0.3) is 11.0 Å². The summed E-state index contributed by atoms with van der Waals surface area (Å²) in [6.07, 6.45) is 0. The van der Waals surface area contributed by atoms with E-state index in [1.807, 2.05) is 13.8 Å². The first-order valence-electron chi connectivity index (χ1n) is 9.54. The van der Waals surface area contributed by atoms with Crippen LogP contribution in [0.15, 0.2) is 51.7 Å². The van der Waals surface area contributed by atoms with Gasteiger partial charge in [0.15, 0.2) is 5.43 Å². The highest BCUT2D eigenvalue weighted by molar-refractivity contribution is 7.15. The van der Waals surface area contributed by atoms with Gasteiger partial charge >= 0.3 is 0 Å². The van der Waals surface area contributed by atoms with Crippen LogP contribution in [0.4, 0.5) is 5.13 Å². The van der Waals surface area contributed by atoms with Crippen molar-refractivity contribution in [2.24, 2.45) is 0 Å². The molecule has 0 spiro atoms. The summed E-state index contributed by atoms with van der Waals surface area (Å²) in [7, 11) is 0. The molecule has 1 aliphatic heterocycles. The van der Waals surface area contributed by atoms with Crippen LogP contribution in [0.2, 0.25) is 10.0 Å². The molecule has 1 aliphatic rings. The van der Waals surface area contributed by atoms with Crippen LogP contribution >= 0.6 is 34.5 Å². The molecule has 1 atom stereocenters. The molecular formula is C22H15Cl2N3O3S. The Kier molecular flexibility index (Phi) is 4.84. The molecule has 31 heavy (non-hydrogen) atoms. The lowest BCUT2D eigenvalue weighted by Crippen LogP contribution is -2.29. The summed E-state index contributed by atoms with van der Waals surface area (Å²) in [5, 5.41) is 10.7. The molecule has 6 nitrogen and oxygen atoms in total. The fourth-order valence-corrected chi connectivity index (χ4v) is 4.85. The molecule has 156 valence electrons. The van der Waals surface area contributed by atoms with Gasteiger partial charge in [0.05, 0.1) is 27.0 Å². The van der Waals surface area contributed by atoms with E-state index in [2.05, 4.69) is 10.2 Å². The Hall–Kier alpha value is -2.74. The van der Waals surface area contributed by atoms with E-state index in [9.17, 15) is 9.59 Å². The van der Waals surface area contributed by atoms with Gasteiger partial charge in [-0.2, -0.15) is 0 Å². The second-order valence-electron chi connectivity index (χ2n) is 7.50. The molecule has 3 heterocycles. The number of hydrogen-bond donors (Lipinski definition) is 0. The number of carbonyl (C=O) groups excluding carboxylic acids is 1. The van der Waals surface area contributed by atoms with Crippen molar-refractivity contribution in [3.63, 3.8) is 0 Å². The maximum atomic E-state index is 13.5. The van der Waals surface area contributed by atoms with Gasteiger partial charge < -0.3 is 4.42 Å². The van der Waals surface area contributed by atoms with Crippen molar-refractivity contribution < 1.29 is 9.21 Å². The molecule has 0 fully saturated rings. The first kappa shape index (κ1) is 20.2. The summed E-state index contributed by atoms with van der Waals surface area (Å²) in [5.74, 6) is -0.293. The minimum absolute atomic E-state index is 0.000990. The van der Waals surface area contributed by atoms with E-state index < -0.39 is 11.9 Å². The predicted molar refractivity (Wildman–Crippen MR) is 122 cm³/mol. The number of amides is 1. The third kappa shape index (κ3) is 3.15. The third-order valence-electron chi connectivity index (χ3n) is 5.17. The van der Waals surface area contributed by atoms with Crippen molar-refractivity contribution in [2.75, 3.05) is 4.90 Å². The van der Waals surface area contributed by atoms with Crippen LogP contribution in [0, 0.1) is 0 Å². The Morgan fingerprint density at radius 2 is 1.84 bits per heavy atom. The van der Waals surface area contributed by atoms with Gasteiger partial charge in [0, 0.05) is 5.92 Å². The summed E-state index contributed by atoms with van der Waals surface area (Å²) in [6, 6.07) is 11.1. The molecule has 0 bridgehead atoms. The van der Waals surface area contributed by atoms with Gasteiger partial charge in [-0.3, -0.25) is 14.5 Å². The van der Waals surface area contributed by atoms with Gasteiger partial charge in [-0.25, -0.2) is 0 Å². The Bertz CT molecular complexity index is 1410. The summed E-state index contributed by atoms with van der Waals surface area (Å²) in [6.45, 7) is 4.00. The SMILES string of the molecule is CC(C)c1nnc(N2C(=O)c3oc4ccccc4c(=O)c3C2c2ccc(Cl)c(Cl)c2)s1. The van der Waals surface area contributed by atoms with Crippen LogP contribution in [-0.4, -0.2) is 16.1 Å². The monoisotopic (exact) mass is 471 g/mol. The zero-order chi connectivity index (χ0) is 21.9. The van der Waals surface area contributed by atoms with E-state index in [0.29, 0.717) is 31.7 Å². The molecule has 4 aromatic rings. The molecule has 0 saturated heterocycles. The van der Waals surface area contributed by atoms with Gasteiger partial charge in [-0.1, -0.05) is 66.6 Å². The third-order valence-corrected chi connectivity index (χ3v) is 7.13. The van der Waals surface area contributed by atoms with Crippen molar-refractivity contribution in [3.8, 4) is 0 Å². The maximum Gasteiger partial charge on any atom is 0.297 e. The van der Waals surface area contributed by atoms with Crippen LogP contribution in [0.3, 0.4) is 0 Å². The maximum absolute atomic E-state index is 13.5. The number of halogens is 2. The average molecular weight is 472 g/mol. The summed E-state index contributed by atoms with van der Waals surface area (Å²) in [5.41, 5.74) is 0.973. The van der Waals surface area contributed by atoms with Crippen LogP contribution in [0.1, 0.15) is 52.5 Å². The number of rotatable bonds is 3. The fraction of sp³-hybridized carbons (Fsp3) is 0.182. The van der Waals surface area contributed by atoms with E-state index in [-0.39, 0.29) is 22.7 Å². The highest BCUT2D eigenvalue weighted by Crippen LogP contribution is 2.43. The number of fused-ring (bicyclic) bond motifs is 2. The second-order valence-corrected chi connectivity index (χ2v) is 9.30. The molecular weight excluding hydrogens is 457 g/mol. The zero-order valence-electron chi connectivity index (χ0n) is 16.4. The topological polar surface area (TPSA) is 76.3 Å². The second kappa shape index (κ2) is 7.44. The molecule has 1 unspecified atom stereocenters. The number of carbonyl (C=O) groups is 1. The fourth-order valence-electron chi connectivity index (χ4n) is 3.67. The lowest BCUT2D eigenvalue weighted by molar-refractivity contribution is 0.0970. The predicted octanol–water partition coefficient (Wildman–Crippen LogP) is 5.82. The molecule has 0 saturated carbocycles. The number of para-hydroxylation sites is 1. The summed E-state index contributed by atoms with van der Waals surface area (Å²) in [4.78, 5) is 28.4. The quantitative estimate of drug-likeness (QED) is 0.375. The molecule has 5 rings (SSSR count). The zero-order valence-corrected chi connectivity index (χ0v) is 18.8. The largest absolute Gasteiger partial charge is 0.450 e. The number of benzene rings is 2. The van der Waals surface area contributed by atoms with Gasteiger partial charge in [0.1, 0.15) is 10.6 Å². The minimum atomic E-state index is -0.758. The lowest BCUT2D eigenvalue weighted by Gasteiger charge is -2.22. The van der Waals surface area contributed by atoms with E-state index in [0.717, 1.165) is 5.01 Å². The Labute approximate surface area is 191 Å². The van der Waals surface area contributed by atoms with Crippen molar-refractivity contribution in [1.29, 1.82) is 0 Å². The lowest BCUT2D eigenvalue weighted by atomic mass is 9.99. The van der Waals surface area contributed by atoms with Gasteiger partial charge in [-0.15, -0.1) is 10.2 Å². The van der Waals surface area contributed by atoms with Gasteiger partial charge in [-0.05, 0) is 29.8 Å². The Morgan fingerprint density at radius 1 is 1.06 bits per heavy atom. The Balaban J connectivity index is 1.79. The smallest absolute Gasteiger partial charge is 0.297 e. The summed E-state index contributed by atoms with van der Waals surface area (Å²) >= 11 is 13.7. The molecule has 1 amide bonds. The highest BCUT2D eigenvalue weighted by Gasteiger charge is 2.45. The van der Waals surface area contributed by atoms with Crippen molar-refractivity contribution in [3.05, 3.63) is 84.6 Å². The van der Waals surface area contributed by atoms with Gasteiger partial charge in [0.25, 0.3) is 5.91 Å². The number of nitrogens with zero attached hydrogens (tertiary/aromatic N) is 3. The van der Waals surface area contributed by atoms with E-state index >= 15 is 0 Å². The van der Waals surface area contributed by atoms with Crippen LogP contribution < -0.4 is 10.3 Å². The minimum Gasteiger partial charge on any atom is -0.450 e. The van der Waals surface area contributed by atoms with Crippen molar-refractivity contribution in [1.82, 2.24) is 10.2 Å². The normalized spacial score (nSPS) is 15.8. The number of anilines is 1. The average Bonchev–Trinajstić information content (AvgIpc) is 3.34. The number of aromatic nitrogens is 2. The van der Waals surface area contributed by atoms with Crippen molar-refractivity contribution >= 4 is 56.5 Å². The summed E-state index contributed by atoms with van der Waals surface area (Å²) < 4.78 is 5.92. The standard InChI is InChI=1S/C22H15Cl2N3O3S/c1-10(2)20-25-26-22(31-20)27-17(11-7-8-13(23)14(24)9-11)16-18(28)12-5-3-4-6-15(12)30-19(16)21(27)29/h3-10,17H,1-2H3.